The van der Waals surface area contributed by atoms with Crippen molar-refractivity contribution in [3.8, 4) is 11.5 Å². The Labute approximate surface area is 241 Å². The number of rotatable bonds is 8. The van der Waals surface area contributed by atoms with Crippen LogP contribution < -0.4 is 10.1 Å². The number of nitrogens with one attached hydrogen (secondary N) is 1. The van der Waals surface area contributed by atoms with Crippen molar-refractivity contribution in [1.82, 2.24) is 15.1 Å². The Morgan fingerprint density at radius 2 is 1.78 bits per heavy atom. The van der Waals surface area contributed by atoms with E-state index in [1.165, 1.54) is 36.8 Å². The predicted molar refractivity (Wildman–Crippen MR) is 154 cm³/mol. The van der Waals surface area contributed by atoms with Crippen LogP contribution in [0, 0.1) is 11.8 Å². The number of likely N-dealkylation sites (tertiary alicyclic amines) is 1. The van der Waals surface area contributed by atoms with Gasteiger partial charge in [-0.05, 0) is 86.9 Å². The zero-order chi connectivity index (χ0) is 27.6. The molecule has 7 heteroatoms. The van der Waals surface area contributed by atoms with Crippen molar-refractivity contribution in [1.29, 1.82) is 0 Å². The van der Waals surface area contributed by atoms with E-state index in [0.29, 0.717) is 30.7 Å². The maximum atomic E-state index is 13.6. The van der Waals surface area contributed by atoms with E-state index < -0.39 is 11.7 Å². The lowest BCUT2D eigenvalue weighted by Crippen LogP contribution is -2.91. The molecular weight excluding hydrogens is 514 g/mol. The first kappa shape index (κ1) is 24.9. The summed E-state index contributed by atoms with van der Waals surface area (Å²) >= 11 is 0. The van der Waals surface area contributed by atoms with Gasteiger partial charge in [0.2, 0.25) is 5.91 Å². The van der Waals surface area contributed by atoms with Crippen LogP contribution in [0.3, 0.4) is 0 Å². The van der Waals surface area contributed by atoms with Crippen LogP contribution in [0.5, 0.6) is 11.5 Å². The number of nitrogens with zero attached hydrogens (tertiary/aromatic N) is 2. The van der Waals surface area contributed by atoms with E-state index in [2.05, 4.69) is 21.2 Å². The molecule has 3 saturated heterocycles. The number of hydrogen-bond acceptors (Lipinski definition) is 6. The highest BCUT2D eigenvalue weighted by molar-refractivity contribution is 5.77. The van der Waals surface area contributed by atoms with Crippen LogP contribution in [0.2, 0.25) is 0 Å². The van der Waals surface area contributed by atoms with Gasteiger partial charge in [0.05, 0.1) is 17.0 Å². The number of carbonyl (C=O) groups excluding carboxylic acids is 1. The summed E-state index contributed by atoms with van der Waals surface area (Å²) in [5.41, 5.74) is 1.80. The molecule has 216 valence electrons. The van der Waals surface area contributed by atoms with Crippen molar-refractivity contribution in [2.45, 2.75) is 99.1 Å². The first-order valence-electron chi connectivity index (χ1n) is 16.0. The molecule has 4 aliphatic carbocycles. The zero-order valence-electron chi connectivity index (χ0n) is 23.7. The average Bonchev–Trinajstić information content (AvgIpc) is 3.91. The molecule has 6 fully saturated rings. The molecule has 10 rings (SSSR count). The lowest BCUT2D eigenvalue weighted by atomic mass is 9.40. The number of phenols is 1. The zero-order valence-corrected chi connectivity index (χ0v) is 23.7. The van der Waals surface area contributed by atoms with Crippen LogP contribution in [-0.4, -0.2) is 74.9 Å². The molecule has 1 amide bonds. The standard InChI is InChI=1S/C34H41N3O4/c38-25-11-10-24-16-27-34-13-12-33(40,31-32(34,29(24)30(25)41-31)14-15-36(27)19-22-6-7-22)26(37(34)20-23-8-9-23)17-28(39)35-18-21-4-2-1-3-5-21/h1-5,10-11,22-23,26-27,31,38,40H,6-9,12-20H2,(H,35,39)/t26-,27+,31+,32-,33+,34+/m0/s1. The first-order chi connectivity index (χ1) is 19.9. The fraction of sp³-hybridized carbons (Fsp3) is 0.618. The molecule has 2 aromatic rings. The monoisotopic (exact) mass is 555 g/mol. The van der Waals surface area contributed by atoms with E-state index in [4.69, 9.17) is 4.74 Å². The molecule has 41 heavy (non-hydrogen) atoms. The number of hydrogen-bond donors (Lipinski definition) is 3. The minimum Gasteiger partial charge on any atom is -0.504 e. The van der Waals surface area contributed by atoms with E-state index >= 15 is 0 Å². The fourth-order valence-electron chi connectivity index (χ4n) is 10.2. The van der Waals surface area contributed by atoms with Gasteiger partial charge in [0.15, 0.2) is 11.5 Å². The van der Waals surface area contributed by atoms with Gasteiger partial charge in [0.25, 0.3) is 0 Å². The van der Waals surface area contributed by atoms with E-state index in [0.717, 1.165) is 50.4 Å². The highest BCUT2D eigenvalue weighted by atomic mass is 16.5. The van der Waals surface area contributed by atoms with Crippen molar-refractivity contribution >= 4 is 5.91 Å². The predicted octanol–water partition coefficient (Wildman–Crippen LogP) is 3.50. The van der Waals surface area contributed by atoms with Crippen LogP contribution in [0.15, 0.2) is 42.5 Å². The van der Waals surface area contributed by atoms with Gasteiger partial charge in [-0.1, -0.05) is 36.4 Å². The summed E-state index contributed by atoms with van der Waals surface area (Å²) in [6.45, 7) is 3.58. The third kappa shape index (κ3) is 3.29. The average molecular weight is 556 g/mol. The molecule has 2 aromatic carbocycles. The lowest BCUT2D eigenvalue weighted by Gasteiger charge is -2.77. The molecule has 4 bridgehead atoms. The van der Waals surface area contributed by atoms with Crippen LogP contribution in [0.1, 0.15) is 68.1 Å². The number of amides is 1. The quantitative estimate of drug-likeness (QED) is 0.463. The molecule has 4 heterocycles. The van der Waals surface area contributed by atoms with Crippen molar-refractivity contribution in [3.05, 3.63) is 59.2 Å². The van der Waals surface area contributed by atoms with Crippen LogP contribution >= 0.6 is 0 Å². The summed E-state index contributed by atoms with van der Waals surface area (Å²) in [5, 5.41) is 27.1. The summed E-state index contributed by atoms with van der Waals surface area (Å²) in [4.78, 5) is 19.1. The van der Waals surface area contributed by atoms with Gasteiger partial charge in [-0.15, -0.1) is 0 Å². The number of piperidine rings is 3. The van der Waals surface area contributed by atoms with E-state index in [1.54, 1.807) is 6.07 Å². The minimum absolute atomic E-state index is 0.0130. The summed E-state index contributed by atoms with van der Waals surface area (Å²) in [5.74, 6) is 2.21. The fourth-order valence-corrected chi connectivity index (χ4v) is 10.2. The van der Waals surface area contributed by atoms with Crippen LogP contribution in [-0.2, 0) is 23.2 Å². The van der Waals surface area contributed by atoms with Gasteiger partial charge in [-0.3, -0.25) is 14.6 Å². The second kappa shape index (κ2) is 8.48. The number of aliphatic hydroxyl groups is 1. The Morgan fingerprint density at radius 1 is 1.00 bits per heavy atom. The Kier molecular flexibility index (Phi) is 5.16. The number of phenolic OH excluding ortho intramolecular Hbond substituents is 1. The van der Waals surface area contributed by atoms with Gasteiger partial charge in [0.1, 0.15) is 11.7 Å². The highest BCUT2D eigenvalue weighted by Crippen LogP contribution is 2.72. The molecule has 0 aromatic heterocycles. The number of carbonyl (C=O) groups is 1. The number of aromatic hydroxyl groups is 1. The van der Waals surface area contributed by atoms with Crippen LogP contribution in [0.25, 0.3) is 0 Å². The molecule has 2 spiro atoms. The van der Waals surface area contributed by atoms with Crippen molar-refractivity contribution in [3.63, 3.8) is 0 Å². The third-order valence-corrected chi connectivity index (χ3v) is 12.2. The Hall–Kier alpha value is -2.61. The van der Waals surface area contributed by atoms with Crippen molar-refractivity contribution in [2.24, 2.45) is 11.8 Å². The van der Waals surface area contributed by atoms with E-state index in [9.17, 15) is 15.0 Å². The van der Waals surface area contributed by atoms with Gasteiger partial charge < -0.3 is 20.3 Å². The highest BCUT2D eigenvalue weighted by Gasteiger charge is 2.82. The van der Waals surface area contributed by atoms with Gasteiger partial charge in [-0.2, -0.15) is 0 Å². The summed E-state index contributed by atoms with van der Waals surface area (Å²) in [7, 11) is 0. The normalized spacial score (nSPS) is 38.4. The summed E-state index contributed by atoms with van der Waals surface area (Å²) in [6.07, 6.45) is 8.36. The Balaban J connectivity index is 1.16. The maximum absolute atomic E-state index is 13.6. The van der Waals surface area contributed by atoms with Gasteiger partial charge in [0, 0.05) is 37.7 Å². The molecule has 0 radical (unpaired) electrons. The molecule has 6 atom stereocenters. The van der Waals surface area contributed by atoms with E-state index in [-0.39, 0.29) is 35.1 Å². The van der Waals surface area contributed by atoms with Crippen molar-refractivity contribution in [2.75, 3.05) is 19.6 Å². The smallest absolute Gasteiger partial charge is 0.221 e. The maximum Gasteiger partial charge on any atom is 0.221 e. The van der Waals surface area contributed by atoms with Gasteiger partial charge in [-0.25, -0.2) is 0 Å². The summed E-state index contributed by atoms with van der Waals surface area (Å²) < 4.78 is 6.80. The Bertz CT molecular complexity index is 1410. The lowest BCUT2D eigenvalue weighted by molar-refractivity contribution is -0.293. The minimum atomic E-state index is -1.16. The SMILES string of the molecule is O=C(C[C@@H]1N(CC2CC2)[C@@]23CC[C@]1(O)[C@@H]1Oc4c(O)ccc5c4[C@@]12CCN(CC1CC1)[C@@H]3C5)NCc1ccccc1. The summed E-state index contributed by atoms with van der Waals surface area (Å²) in [6, 6.07) is 14.0. The number of ether oxygens (including phenoxy) is 1. The molecular formula is C34H41N3O4. The van der Waals surface area contributed by atoms with Crippen molar-refractivity contribution < 1.29 is 19.7 Å². The molecule has 0 unspecified atom stereocenters. The molecule has 3 saturated carbocycles. The number of benzene rings is 2. The largest absolute Gasteiger partial charge is 0.504 e. The first-order valence-corrected chi connectivity index (χ1v) is 16.0. The molecule has 7 nitrogen and oxygen atoms in total. The van der Waals surface area contributed by atoms with Crippen LogP contribution in [0.4, 0.5) is 0 Å². The topological polar surface area (TPSA) is 85.3 Å². The third-order valence-electron chi connectivity index (χ3n) is 12.2. The second-order valence-corrected chi connectivity index (χ2v) is 14.3. The molecule has 3 N–H and O–H groups in total. The molecule has 4 aliphatic heterocycles. The number of fused-ring (bicyclic) bond motifs is 2. The van der Waals surface area contributed by atoms with E-state index in [1.807, 2.05) is 30.3 Å². The second-order valence-electron chi connectivity index (χ2n) is 14.3. The Morgan fingerprint density at radius 3 is 2.56 bits per heavy atom. The molecule has 8 aliphatic rings. The van der Waals surface area contributed by atoms with Gasteiger partial charge >= 0.3 is 0 Å².